The van der Waals surface area contributed by atoms with E-state index in [9.17, 15) is 4.79 Å². The number of hydrogen-bond donors (Lipinski definition) is 1. The highest BCUT2D eigenvalue weighted by Crippen LogP contribution is 2.30. The van der Waals surface area contributed by atoms with E-state index in [0.29, 0.717) is 22.7 Å². The van der Waals surface area contributed by atoms with Gasteiger partial charge in [-0.1, -0.05) is 18.0 Å². The molecule has 0 radical (unpaired) electrons. The largest absolute Gasteiger partial charge is 0.367 e. The predicted molar refractivity (Wildman–Crippen MR) is 85.1 cm³/mol. The molecule has 1 saturated heterocycles. The molecule has 1 aliphatic carbocycles. The second-order valence-electron chi connectivity index (χ2n) is 6.30. The first-order valence-corrected chi connectivity index (χ1v) is 8.23. The number of halogens is 1. The molecule has 1 N–H and O–H groups in total. The van der Waals surface area contributed by atoms with E-state index in [2.05, 4.69) is 10.4 Å². The normalized spacial score (nSPS) is 22.3. The molecule has 0 amide bonds. The van der Waals surface area contributed by atoms with Crippen LogP contribution in [0.5, 0.6) is 0 Å². The first kappa shape index (κ1) is 14.9. The minimum absolute atomic E-state index is 0.0623. The Balaban J connectivity index is 1.76. The lowest BCUT2D eigenvalue weighted by Gasteiger charge is -2.29. The van der Waals surface area contributed by atoms with Crippen LogP contribution in [-0.4, -0.2) is 36.0 Å². The van der Waals surface area contributed by atoms with Crippen LogP contribution in [0.2, 0.25) is 5.02 Å². The third kappa shape index (κ3) is 3.58. The zero-order chi connectivity index (χ0) is 14.8. The fraction of sp³-hybridized carbons (Fsp3) is 0.733. The van der Waals surface area contributed by atoms with Crippen molar-refractivity contribution < 1.29 is 0 Å². The van der Waals surface area contributed by atoms with Crippen molar-refractivity contribution in [1.82, 2.24) is 15.1 Å². The zero-order valence-electron chi connectivity index (χ0n) is 12.5. The van der Waals surface area contributed by atoms with Crippen molar-refractivity contribution in [3.63, 3.8) is 0 Å². The molecule has 2 fully saturated rings. The van der Waals surface area contributed by atoms with Crippen LogP contribution in [0.15, 0.2) is 11.0 Å². The maximum atomic E-state index is 12.6. The number of nitrogens with one attached hydrogen (secondary N) is 1. The van der Waals surface area contributed by atoms with Crippen molar-refractivity contribution >= 4 is 17.3 Å². The van der Waals surface area contributed by atoms with Crippen molar-refractivity contribution in [2.24, 2.45) is 5.92 Å². The van der Waals surface area contributed by atoms with Gasteiger partial charge >= 0.3 is 0 Å². The van der Waals surface area contributed by atoms with E-state index < -0.39 is 0 Å². The minimum Gasteiger partial charge on any atom is -0.367 e. The third-order valence-electron chi connectivity index (χ3n) is 4.39. The summed E-state index contributed by atoms with van der Waals surface area (Å²) in [5.41, 5.74) is 0.521. The summed E-state index contributed by atoms with van der Waals surface area (Å²) < 4.78 is 1.57. The Morgan fingerprint density at radius 2 is 2.24 bits per heavy atom. The number of aromatic nitrogens is 2. The number of piperidine rings is 1. The average molecular weight is 311 g/mol. The molecule has 0 spiro atoms. The molecule has 1 aromatic heterocycles. The van der Waals surface area contributed by atoms with Gasteiger partial charge in [-0.05, 0) is 38.1 Å². The highest BCUT2D eigenvalue weighted by Gasteiger charge is 2.25. The summed E-state index contributed by atoms with van der Waals surface area (Å²) in [6, 6.07) is 0.435. The van der Waals surface area contributed by atoms with Crippen molar-refractivity contribution in [2.75, 3.05) is 25.0 Å². The van der Waals surface area contributed by atoms with Gasteiger partial charge in [0.25, 0.3) is 5.56 Å². The Hall–Kier alpha value is -1.07. The Morgan fingerprint density at radius 3 is 2.90 bits per heavy atom. The average Bonchev–Trinajstić information content (AvgIpc) is 3.27. The van der Waals surface area contributed by atoms with E-state index in [1.165, 1.54) is 25.7 Å². The highest BCUT2D eigenvalue weighted by atomic mass is 35.5. The summed E-state index contributed by atoms with van der Waals surface area (Å²) in [6.45, 7) is 2.59. The summed E-state index contributed by atoms with van der Waals surface area (Å²) in [5, 5.41) is 8.13. The molecule has 2 heterocycles. The fourth-order valence-electron chi connectivity index (χ4n) is 2.98. The highest BCUT2D eigenvalue weighted by molar-refractivity contribution is 6.33. The lowest BCUT2D eigenvalue weighted by molar-refractivity contribution is 0.402. The van der Waals surface area contributed by atoms with Gasteiger partial charge in [0.2, 0.25) is 0 Å². The molecule has 5 nitrogen and oxygen atoms in total. The van der Waals surface area contributed by atoms with Gasteiger partial charge in [-0.3, -0.25) is 4.79 Å². The molecule has 21 heavy (non-hydrogen) atoms. The van der Waals surface area contributed by atoms with Crippen LogP contribution < -0.4 is 15.8 Å². The standard InChI is InChI=1S/C15H23ClN4O/c1-19(10-12-4-2-3-7-17-12)14-13(16)8-18-20(15(14)21)9-11-5-6-11/h8,11-12,17H,2-7,9-10H2,1H3. The van der Waals surface area contributed by atoms with E-state index in [1.54, 1.807) is 10.9 Å². The van der Waals surface area contributed by atoms with Crippen LogP contribution in [-0.2, 0) is 6.54 Å². The molecule has 0 bridgehead atoms. The maximum Gasteiger partial charge on any atom is 0.291 e. The second-order valence-corrected chi connectivity index (χ2v) is 6.71. The van der Waals surface area contributed by atoms with Gasteiger partial charge in [0, 0.05) is 26.2 Å². The predicted octanol–water partition coefficient (Wildman–Crippen LogP) is 1.89. The van der Waals surface area contributed by atoms with Crippen LogP contribution in [0.4, 0.5) is 5.69 Å². The van der Waals surface area contributed by atoms with Gasteiger partial charge in [-0.25, -0.2) is 4.68 Å². The third-order valence-corrected chi connectivity index (χ3v) is 4.67. The Morgan fingerprint density at radius 1 is 1.43 bits per heavy atom. The van der Waals surface area contributed by atoms with E-state index in [4.69, 9.17) is 11.6 Å². The topological polar surface area (TPSA) is 50.2 Å². The lowest BCUT2D eigenvalue weighted by Crippen LogP contribution is -2.44. The molecule has 1 aliphatic heterocycles. The van der Waals surface area contributed by atoms with E-state index in [-0.39, 0.29) is 5.56 Å². The van der Waals surface area contributed by atoms with Gasteiger partial charge in [-0.15, -0.1) is 0 Å². The Kier molecular flexibility index (Phi) is 4.50. The van der Waals surface area contributed by atoms with Crippen LogP contribution >= 0.6 is 11.6 Å². The number of anilines is 1. The van der Waals surface area contributed by atoms with Crippen LogP contribution in [0.3, 0.4) is 0 Å². The lowest BCUT2D eigenvalue weighted by atomic mass is 10.0. The zero-order valence-corrected chi connectivity index (χ0v) is 13.3. The summed E-state index contributed by atoms with van der Waals surface area (Å²) in [7, 11) is 1.94. The van der Waals surface area contributed by atoms with Crippen molar-refractivity contribution in [1.29, 1.82) is 0 Å². The van der Waals surface area contributed by atoms with Crippen molar-refractivity contribution in [2.45, 2.75) is 44.7 Å². The monoisotopic (exact) mass is 310 g/mol. The second kappa shape index (κ2) is 6.36. The molecule has 3 rings (SSSR count). The molecule has 1 atom stereocenters. The summed E-state index contributed by atoms with van der Waals surface area (Å²) in [4.78, 5) is 14.6. The summed E-state index contributed by atoms with van der Waals surface area (Å²) in [6.07, 6.45) is 7.66. The Bertz CT molecular complexity index is 549. The van der Waals surface area contributed by atoms with Crippen LogP contribution in [0.1, 0.15) is 32.1 Å². The summed E-state index contributed by atoms with van der Waals surface area (Å²) >= 11 is 6.23. The molecular formula is C15H23ClN4O. The quantitative estimate of drug-likeness (QED) is 0.902. The molecule has 1 unspecified atom stereocenters. The SMILES string of the molecule is CN(CC1CCCCN1)c1c(Cl)cnn(CC2CC2)c1=O. The number of rotatable bonds is 5. The molecule has 0 aromatic carbocycles. The first-order chi connectivity index (χ1) is 10.1. The molecule has 2 aliphatic rings. The molecule has 6 heteroatoms. The molecular weight excluding hydrogens is 288 g/mol. The van der Waals surface area contributed by atoms with Crippen LogP contribution in [0.25, 0.3) is 0 Å². The van der Waals surface area contributed by atoms with Gasteiger partial charge in [-0.2, -0.15) is 5.10 Å². The van der Waals surface area contributed by atoms with Gasteiger partial charge in [0.15, 0.2) is 0 Å². The fourth-order valence-corrected chi connectivity index (χ4v) is 3.25. The van der Waals surface area contributed by atoms with Gasteiger partial charge in [0.1, 0.15) is 5.69 Å². The minimum atomic E-state index is -0.0623. The van der Waals surface area contributed by atoms with Crippen molar-refractivity contribution in [3.8, 4) is 0 Å². The summed E-state index contributed by atoms with van der Waals surface area (Å²) in [5.74, 6) is 0.620. The molecule has 1 saturated carbocycles. The Labute approximate surface area is 130 Å². The molecule has 116 valence electrons. The van der Waals surface area contributed by atoms with Crippen molar-refractivity contribution in [3.05, 3.63) is 21.6 Å². The number of hydrogen-bond acceptors (Lipinski definition) is 4. The molecule has 1 aromatic rings. The first-order valence-electron chi connectivity index (χ1n) is 7.85. The smallest absolute Gasteiger partial charge is 0.291 e. The van der Waals surface area contributed by atoms with Crippen LogP contribution in [0, 0.1) is 5.92 Å². The van der Waals surface area contributed by atoms with E-state index in [1.807, 2.05) is 11.9 Å². The van der Waals surface area contributed by atoms with E-state index >= 15 is 0 Å². The maximum absolute atomic E-state index is 12.6. The van der Waals surface area contributed by atoms with Gasteiger partial charge in [0.05, 0.1) is 11.2 Å². The van der Waals surface area contributed by atoms with Gasteiger partial charge < -0.3 is 10.2 Å². The van der Waals surface area contributed by atoms with E-state index in [0.717, 1.165) is 26.1 Å². The number of nitrogens with zero attached hydrogens (tertiary/aromatic N) is 3. The number of likely N-dealkylation sites (N-methyl/N-ethyl adjacent to an activating group) is 1.